The highest BCUT2D eigenvalue weighted by molar-refractivity contribution is 5.87. The molecule has 9 heteroatoms. The summed E-state index contributed by atoms with van der Waals surface area (Å²) < 4.78 is 7.07. The molecule has 36 heavy (non-hydrogen) atoms. The third-order valence-corrected chi connectivity index (χ3v) is 7.23. The van der Waals surface area contributed by atoms with Crippen LogP contribution in [0.2, 0.25) is 0 Å². The quantitative estimate of drug-likeness (QED) is 0.569. The number of ether oxygens (including phenoxy) is 1. The van der Waals surface area contributed by atoms with Gasteiger partial charge in [0.1, 0.15) is 5.54 Å². The maximum atomic E-state index is 13.8. The van der Waals surface area contributed by atoms with Crippen LogP contribution < -0.4 is 10.2 Å². The van der Waals surface area contributed by atoms with Gasteiger partial charge in [0.05, 0.1) is 18.8 Å². The van der Waals surface area contributed by atoms with Crippen LogP contribution in [0.4, 0.5) is 5.95 Å². The first-order chi connectivity index (χ1) is 17.4. The van der Waals surface area contributed by atoms with Crippen LogP contribution in [-0.2, 0) is 29.7 Å². The summed E-state index contributed by atoms with van der Waals surface area (Å²) in [4.78, 5) is 27.2. The van der Waals surface area contributed by atoms with Crippen molar-refractivity contribution in [3.8, 4) is 11.1 Å². The Hall–Kier alpha value is -3.30. The first kappa shape index (κ1) is 24.4. The number of piperazine rings is 1. The number of methoxy groups -OCH3 is 1. The van der Waals surface area contributed by atoms with Gasteiger partial charge in [0.25, 0.3) is 0 Å². The van der Waals surface area contributed by atoms with E-state index in [1.165, 1.54) is 0 Å². The van der Waals surface area contributed by atoms with E-state index in [4.69, 9.17) is 9.84 Å². The number of nitrogens with zero attached hydrogens (tertiary/aromatic N) is 6. The molecule has 1 aromatic carbocycles. The molecular formula is C27H35N7O2. The zero-order valence-corrected chi connectivity index (χ0v) is 21.6. The average molecular weight is 490 g/mol. The van der Waals surface area contributed by atoms with Crippen molar-refractivity contribution in [2.75, 3.05) is 38.2 Å². The van der Waals surface area contributed by atoms with Crippen molar-refractivity contribution in [1.29, 1.82) is 0 Å². The van der Waals surface area contributed by atoms with E-state index in [1.54, 1.807) is 7.11 Å². The number of hydrogen-bond acceptors (Lipinski definition) is 7. The number of carbonyl (C=O) groups is 1. The Labute approximate surface area is 212 Å². The first-order valence-electron chi connectivity index (χ1n) is 12.6. The second kappa shape index (κ2) is 9.99. The predicted molar refractivity (Wildman–Crippen MR) is 138 cm³/mol. The number of anilines is 1. The molecule has 190 valence electrons. The van der Waals surface area contributed by atoms with E-state index in [2.05, 4.69) is 44.5 Å². The minimum atomic E-state index is -0.537. The van der Waals surface area contributed by atoms with Crippen LogP contribution in [0.5, 0.6) is 0 Å². The fourth-order valence-electron chi connectivity index (χ4n) is 5.41. The minimum Gasteiger partial charge on any atom is -0.380 e. The minimum absolute atomic E-state index is 0.168. The lowest BCUT2D eigenvalue weighted by Gasteiger charge is -2.47. The molecule has 1 spiro atoms. The Morgan fingerprint density at radius 1 is 1.06 bits per heavy atom. The molecule has 2 saturated heterocycles. The lowest BCUT2D eigenvalue weighted by Crippen LogP contribution is -2.67. The van der Waals surface area contributed by atoms with E-state index in [0.29, 0.717) is 19.7 Å². The van der Waals surface area contributed by atoms with Crippen molar-refractivity contribution in [2.24, 2.45) is 7.05 Å². The molecule has 0 unspecified atom stereocenters. The molecule has 2 aromatic heterocycles. The van der Waals surface area contributed by atoms with Crippen LogP contribution in [0.3, 0.4) is 0 Å². The number of rotatable bonds is 6. The van der Waals surface area contributed by atoms with Crippen molar-refractivity contribution >= 4 is 11.9 Å². The summed E-state index contributed by atoms with van der Waals surface area (Å²) in [6.45, 7) is 8.02. The van der Waals surface area contributed by atoms with Crippen LogP contribution in [-0.4, -0.2) is 69.4 Å². The monoisotopic (exact) mass is 489 g/mol. The van der Waals surface area contributed by atoms with Gasteiger partial charge in [-0.1, -0.05) is 24.3 Å². The highest BCUT2D eigenvalue weighted by Crippen LogP contribution is 2.31. The molecule has 0 bridgehead atoms. The number of nitrogens with one attached hydrogen (secondary N) is 1. The normalized spacial score (nSPS) is 17.7. The number of hydrogen-bond donors (Lipinski definition) is 1. The van der Waals surface area contributed by atoms with E-state index in [0.717, 1.165) is 72.2 Å². The Morgan fingerprint density at radius 3 is 2.42 bits per heavy atom. The zero-order chi connectivity index (χ0) is 25.3. The summed E-state index contributed by atoms with van der Waals surface area (Å²) in [6, 6.07) is 10.3. The second-order valence-corrected chi connectivity index (χ2v) is 9.97. The fourth-order valence-corrected chi connectivity index (χ4v) is 5.41. The van der Waals surface area contributed by atoms with Crippen molar-refractivity contribution in [1.82, 2.24) is 30.0 Å². The summed E-state index contributed by atoms with van der Waals surface area (Å²) in [5.74, 6) is 0.930. The van der Waals surface area contributed by atoms with Gasteiger partial charge in [0.2, 0.25) is 11.9 Å². The summed E-state index contributed by atoms with van der Waals surface area (Å²) in [6.07, 6.45) is 3.49. The Bertz CT molecular complexity index is 1210. The van der Waals surface area contributed by atoms with Gasteiger partial charge in [-0.05, 0) is 43.9 Å². The standard InChI is InChI=1S/C27H35N7O2/c1-19-15-20(2)30-26(29-19)33-12-9-27(10-13-33)25(35)34(14-11-28-27)17-24-23(16-32(3)31-24)22-7-5-21(6-8-22)18-36-4/h5-8,15-16,28H,9-14,17-18H2,1-4H3. The molecular weight excluding hydrogens is 454 g/mol. The van der Waals surface area contributed by atoms with Crippen LogP contribution in [0.15, 0.2) is 36.5 Å². The van der Waals surface area contributed by atoms with Gasteiger partial charge in [-0.2, -0.15) is 5.10 Å². The van der Waals surface area contributed by atoms with E-state index in [-0.39, 0.29) is 5.91 Å². The second-order valence-electron chi connectivity index (χ2n) is 9.97. The van der Waals surface area contributed by atoms with E-state index >= 15 is 0 Å². The highest BCUT2D eigenvalue weighted by Gasteiger charge is 2.46. The fraction of sp³-hybridized carbons (Fsp3) is 0.481. The van der Waals surface area contributed by atoms with Crippen LogP contribution in [0.1, 0.15) is 35.5 Å². The lowest BCUT2D eigenvalue weighted by molar-refractivity contribution is -0.143. The van der Waals surface area contributed by atoms with Gasteiger partial charge in [-0.15, -0.1) is 0 Å². The molecule has 0 atom stereocenters. The molecule has 5 rings (SSSR count). The summed E-state index contributed by atoms with van der Waals surface area (Å²) in [7, 11) is 3.63. The maximum absolute atomic E-state index is 13.8. The molecule has 2 fully saturated rings. The molecule has 3 aromatic rings. The molecule has 0 saturated carbocycles. The molecule has 9 nitrogen and oxygen atoms in total. The number of piperidine rings is 1. The Kier molecular flexibility index (Phi) is 6.77. The van der Waals surface area contributed by atoms with E-state index in [1.807, 2.05) is 42.7 Å². The number of amides is 1. The van der Waals surface area contributed by atoms with Gasteiger partial charge in [0.15, 0.2) is 0 Å². The zero-order valence-electron chi connectivity index (χ0n) is 21.6. The van der Waals surface area contributed by atoms with Gasteiger partial charge in [0, 0.05) is 63.5 Å². The SMILES string of the molecule is COCc1ccc(-c2cn(C)nc2CN2CCNC3(CCN(c4nc(C)cc(C)n4)CC3)C2=O)cc1. The third-order valence-electron chi connectivity index (χ3n) is 7.23. The Balaban J connectivity index is 1.30. The largest absolute Gasteiger partial charge is 0.380 e. The number of aromatic nitrogens is 4. The molecule has 1 amide bonds. The summed E-state index contributed by atoms with van der Waals surface area (Å²) in [5.41, 5.74) is 5.60. The van der Waals surface area contributed by atoms with Crippen LogP contribution >= 0.6 is 0 Å². The summed E-state index contributed by atoms with van der Waals surface area (Å²) >= 11 is 0. The van der Waals surface area contributed by atoms with Crippen molar-refractivity contribution in [3.05, 3.63) is 59.2 Å². The van der Waals surface area contributed by atoms with Crippen LogP contribution in [0, 0.1) is 13.8 Å². The molecule has 0 radical (unpaired) electrons. The lowest BCUT2D eigenvalue weighted by atomic mass is 9.84. The average Bonchev–Trinajstić information content (AvgIpc) is 3.22. The van der Waals surface area contributed by atoms with Gasteiger partial charge in [-0.3, -0.25) is 9.48 Å². The summed E-state index contributed by atoms with van der Waals surface area (Å²) in [5, 5.41) is 8.30. The molecule has 1 N–H and O–H groups in total. The van der Waals surface area contributed by atoms with Gasteiger partial charge < -0.3 is 19.9 Å². The van der Waals surface area contributed by atoms with Gasteiger partial charge in [-0.25, -0.2) is 9.97 Å². The van der Waals surface area contributed by atoms with Crippen molar-refractivity contribution < 1.29 is 9.53 Å². The predicted octanol–water partition coefficient (Wildman–Crippen LogP) is 2.61. The first-order valence-corrected chi connectivity index (χ1v) is 12.6. The highest BCUT2D eigenvalue weighted by atomic mass is 16.5. The van der Waals surface area contributed by atoms with Crippen LogP contribution in [0.25, 0.3) is 11.1 Å². The molecule has 2 aliphatic heterocycles. The Morgan fingerprint density at radius 2 is 1.75 bits per heavy atom. The third kappa shape index (κ3) is 4.85. The number of carbonyl (C=O) groups excluding carboxylic acids is 1. The number of benzene rings is 1. The van der Waals surface area contributed by atoms with E-state index in [9.17, 15) is 4.79 Å². The number of aryl methyl sites for hydroxylation is 3. The van der Waals surface area contributed by atoms with Crippen molar-refractivity contribution in [2.45, 2.75) is 45.4 Å². The van der Waals surface area contributed by atoms with Crippen molar-refractivity contribution in [3.63, 3.8) is 0 Å². The van der Waals surface area contributed by atoms with Gasteiger partial charge >= 0.3 is 0 Å². The molecule has 0 aliphatic carbocycles. The molecule has 2 aliphatic rings. The topological polar surface area (TPSA) is 88.4 Å². The van der Waals surface area contributed by atoms with E-state index < -0.39 is 5.54 Å². The maximum Gasteiger partial charge on any atom is 0.243 e. The molecule has 4 heterocycles. The smallest absolute Gasteiger partial charge is 0.243 e.